The first kappa shape index (κ1) is 22.6. The van der Waals surface area contributed by atoms with Gasteiger partial charge >= 0.3 is 6.09 Å². The lowest BCUT2D eigenvalue weighted by atomic mass is 9.94. The third-order valence-corrected chi connectivity index (χ3v) is 7.55. The summed E-state index contributed by atoms with van der Waals surface area (Å²) in [5.41, 5.74) is 0.0249. The molecule has 4 heterocycles. The summed E-state index contributed by atoms with van der Waals surface area (Å²) < 4.78 is 11.7. The number of nitrogens with zero attached hydrogens (tertiary/aromatic N) is 4. The number of anilines is 1. The van der Waals surface area contributed by atoms with Gasteiger partial charge in [-0.15, -0.1) is 0 Å². The Morgan fingerprint density at radius 3 is 2.64 bits per heavy atom. The minimum absolute atomic E-state index is 0.0762. The van der Waals surface area contributed by atoms with E-state index in [1.54, 1.807) is 11.0 Å². The third-order valence-electron chi connectivity index (χ3n) is 7.36. The van der Waals surface area contributed by atoms with E-state index in [0.29, 0.717) is 48.5 Å². The second-order valence-electron chi connectivity index (χ2n) is 10.7. The minimum Gasteiger partial charge on any atom is -0.490 e. The first-order valence-corrected chi connectivity index (χ1v) is 12.4. The van der Waals surface area contributed by atoms with E-state index in [1.807, 2.05) is 25.7 Å². The Morgan fingerprint density at radius 2 is 1.91 bits per heavy atom. The third kappa shape index (κ3) is 4.11. The molecule has 180 valence electrons. The molecule has 0 unspecified atom stereocenters. The lowest BCUT2D eigenvalue weighted by Gasteiger charge is -2.40. The van der Waals surface area contributed by atoms with Crippen LogP contribution in [0.2, 0.25) is 5.15 Å². The zero-order valence-corrected chi connectivity index (χ0v) is 20.5. The number of pyridine rings is 1. The molecule has 1 saturated carbocycles. The number of hydrogen-bond acceptors (Lipinski definition) is 6. The van der Waals surface area contributed by atoms with E-state index < -0.39 is 5.60 Å². The van der Waals surface area contributed by atoms with Crippen molar-refractivity contribution in [2.45, 2.75) is 76.5 Å². The molecule has 0 N–H and O–H groups in total. The Labute approximate surface area is 200 Å². The number of carbonyl (C=O) groups excluding carboxylic acids is 2. The zero-order chi connectivity index (χ0) is 23.4. The van der Waals surface area contributed by atoms with Gasteiger partial charge in [0.05, 0.1) is 6.04 Å². The van der Waals surface area contributed by atoms with Crippen molar-refractivity contribution >= 4 is 29.4 Å². The number of aromatic nitrogens is 1. The standard InChI is InChI=1S/C24H33ClN4O4/c1-23(2,3)33-22(31)27-11-12-28-16(14-27)15-32-17-13-18(25)26-20(19(17)21(28)30)29-10-6-9-24(29)7-4-5-8-24/h13,16H,4-12,14-15H2,1-3H3/t16-/m1/s1. The van der Waals surface area contributed by atoms with E-state index in [0.717, 1.165) is 32.2 Å². The maximum Gasteiger partial charge on any atom is 0.410 e. The summed E-state index contributed by atoms with van der Waals surface area (Å²) in [6.07, 6.45) is 6.53. The van der Waals surface area contributed by atoms with Gasteiger partial charge in [0.2, 0.25) is 0 Å². The lowest BCUT2D eigenvalue weighted by Crippen LogP contribution is -2.58. The summed E-state index contributed by atoms with van der Waals surface area (Å²) in [6.45, 7) is 7.96. The predicted molar refractivity (Wildman–Crippen MR) is 125 cm³/mol. The monoisotopic (exact) mass is 476 g/mol. The van der Waals surface area contributed by atoms with E-state index in [4.69, 9.17) is 21.1 Å². The summed E-state index contributed by atoms with van der Waals surface area (Å²) in [4.78, 5) is 37.0. The molecule has 2 amide bonds. The van der Waals surface area contributed by atoms with Gasteiger partial charge in [-0.2, -0.15) is 0 Å². The van der Waals surface area contributed by atoms with Crippen LogP contribution in [0.15, 0.2) is 6.07 Å². The van der Waals surface area contributed by atoms with Gasteiger partial charge in [-0.05, 0) is 46.5 Å². The molecule has 0 radical (unpaired) electrons. The van der Waals surface area contributed by atoms with Crippen molar-refractivity contribution in [1.29, 1.82) is 0 Å². The van der Waals surface area contributed by atoms with Gasteiger partial charge in [0.15, 0.2) is 0 Å². The highest BCUT2D eigenvalue weighted by atomic mass is 35.5. The van der Waals surface area contributed by atoms with Crippen LogP contribution in [-0.4, -0.2) is 76.8 Å². The molecule has 1 spiro atoms. The van der Waals surface area contributed by atoms with Gasteiger partial charge in [0.25, 0.3) is 5.91 Å². The van der Waals surface area contributed by atoms with Crippen LogP contribution in [0.3, 0.4) is 0 Å². The van der Waals surface area contributed by atoms with Crippen LogP contribution in [0.25, 0.3) is 0 Å². The van der Waals surface area contributed by atoms with Gasteiger partial charge in [0, 0.05) is 37.8 Å². The number of rotatable bonds is 1. The summed E-state index contributed by atoms with van der Waals surface area (Å²) in [7, 11) is 0. The van der Waals surface area contributed by atoms with Crippen molar-refractivity contribution in [2.75, 3.05) is 37.7 Å². The van der Waals surface area contributed by atoms with Crippen molar-refractivity contribution in [3.63, 3.8) is 0 Å². The van der Waals surface area contributed by atoms with E-state index >= 15 is 0 Å². The van der Waals surface area contributed by atoms with Crippen molar-refractivity contribution < 1.29 is 19.1 Å². The first-order valence-electron chi connectivity index (χ1n) is 12.1. The smallest absolute Gasteiger partial charge is 0.410 e. The second kappa shape index (κ2) is 8.22. The molecule has 1 atom stereocenters. The molecule has 33 heavy (non-hydrogen) atoms. The van der Waals surface area contributed by atoms with Crippen LogP contribution < -0.4 is 9.64 Å². The molecule has 3 fully saturated rings. The second-order valence-corrected chi connectivity index (χ2v) is 11.1. The van der Waals surface area contributed by atoms with Crippen molar-refractivity contribution in [3.8, 4) is 5.75 Å². The average Bonchev–Trinajstić information content (AvgIpc) is 3.36. The molecule has 3 aliphatic heterocycles. The summed E-state index contributed by atoms with van der Waals surface area (Å²) in [6, 6.07) is 1.40. The van der Waals surface area contributed by atoms with Gasteiger partial charge < -0.3 is 24.2 Å². The van der Waals surface area contributed by atoms with Crippen LogP contribution >= 0.6 is 11.6 Å². The normalized spacial score (nSPS) is 24.4. The summed E-state index contributed by atoms with van der Waals surface area (Å²) >= 11 is 6.42. The van der Waals surface area contributed by atoms with Crippen LogP contribution in [0.1, 0.15) is 69.7 Å². The quantitative estimate of drug-likeness (QED) is 0.568. The van der Waals surface area contributed by atoms with Crippen LogP contribution in [0.4, 0.5) is 10.6 Å². The molecule has 9 heteroatoms. The molecule has 5 rings (SSSR count). The topological polar surface area (TPSA) is 75.2 Å². The Hall–Kier alpha value is -2.22. The Bertz CT molecular complexity index is 951. The summed E-state index contributed by atoms with van der Waals surface area (Å²) in [5, 5.41) is 0.340. The highest BCUT2D eigenvalue weighted by Gasteiger charge is 2.47. The van der Waals surface area contributed by atoms with E-state index in [1.165, 1.54) is 12.8 Å². The molecule has 1 aromatic heterocycles. The molecule has 1 aromatic rings. The molecule has 0 bridgehead atoms. The van der Waals surface area contributed by atoms with Crippen LogP contribution in [-0.2, 0) is 4.74 Å². The maximum atomic E-state index is 13.9. The SMILES string of the molecule is CC(C)(C)OC(=O)N1CCN2C(=O)c3c(cc(Cl)nc3N3CCCC34CCCC4)OC[C@H]2C1. The van der Waals surface area contributed by atoms with E-state index in [-0.39, 0.29) is 23.6 Å². The van der Waals surface area contributed by atoms with Crippen LogP contribution in [0.5, 0.6) is 5.75 Å². The molecule has 8 nitrogen and oxygen atoms in total. The van der Waals surface area contributed by atoms with Gasteiger partial charge in [-0.1, -0.05) is 24.4 Å². The minimum atomic E-state index is -0.566. The number of halogens is 1. The number of carbonyl (C=O) groups is 2. The number of fused-ring (bicyclic) bond motifs is 2. The zero-order valence-electron chi connectivity index (χ0n) is 19.7. The summed E-state index contributed by atoms with van der Waals surface area (Å²) in [5.74, 6) is 1.07. The van der Waals surface area contributed by atoms with Gasteiger partial charge in [-0.25, -0.2) is 9.78 Å². The molecule has 4 aliphatic rings. The fourth-order valence-corrected chi connectivity index (χ4v) is 6.08. The fourth-order valence-electron chi connectivity index (χ4n) is 5.90. The van der Waals surface area contributed by atoms with E-state index in [9.17, 15) is 9.59 Å². The number of ether oxygens (including phenoxy) is 2. The maximum absolute atomic E-state index is 13.9. The fraction of sp³-hybridized carbons (Fsp3) is 0.708. The predicted octanol–water partition coefficient (Wildman–Crippen LogP) is 4.10. The number of hydrogen-bond donors (Lipinski definition) is 0. The molecule has 0 aromatic carbocycles. The van der Waals surface area contributed by atoms with Crippen LogP contribution in [0, 0.1) is 0 Å². The largest absolute Gasteiger partial charge is 0.490 e. The Balaban J connectivity index is 1.44. The highest BCUT2D eigenvalue weighted by molar-refractivity contribution is 6.30. The Morgan fingerprint density at radius 1 is 1.18 bits per heavy atom. The molecule has 2 saturated heterocycles. The lowest BCUT2D eigenvalue weighted by molar-refractivity contribution is 0.000951. The van der Waals surface area contributed by atoms with Crippen molar-refractivity contribution in [2.24, 2.45) is 0 Å². The first-order chi connectivity index (χ1) is 15.7. The van der Waals surface area contributed by atoms with Gasteiger partial charge in [0.1, 0.15) is 34.5 Å². The van der Waals surface area contributed by atoms with E-state index in [2.05, 4.69) is 9.88 Å². The van der Waals surface area contributed by atoms with Gasteiger partial charge in [-0.3, -0.25) is 4.79 Å². The molecular weight excluding hydrogens is 444 g/mol. The van der Waals surface area contributed by atoms with Crippen molar-refractivity contribution in [3.05, 3.63) is 16.8 Å². The number of amides is 2. The average molecular weight is 477 g/mol. The highest BCUT2D eigenvalue weighted by Crippen LogP contribution is 2.47. The van der Waals surface area contributed by atoms with Crippen molar-refractivity contribution in [1.82, 2.24) is 14.8 Å². The molecular formula is C24H33ClN4O4. The molecule has 1 aliphatic carbocycles. The Kier molecular flexibility index (Phi) is 5.62. The number of piperazine rings is 1.